The number of hydrogen-bond donors (Lipinski definition) is 2. The van der Waals surface area contributed by atoms with Crippen LogP contribution in [0.2, 0.25) is 0 Å². The normalized spacial score (nSPS) is 20.3. The minimum atomic E-state index is -3.55. The molecule has 2 atom stereocenters. The molecule has 1 aromatic rings. The van der Waals surface area contributed by atoms with E-state index in [1.807, 2.05) is 0 Å². The number of nitrogens with one attached hydrogen (secondary N) is 1. The summed E-state index contributed by atoms with van der Waals surface area (Å²) in [7, 11) is -3.55. The van der Waals surface area contributed by atoms with Crippen molar-refractivity contribution < 1.29 is 22.7 Å². The fourth-order valence-corrected chi connectivity index (χ4v) is 3.80. The van der Waals surface area contributed by atoms with Crippen molar-refractivity contribution in [2.24, 2.45) is 17.6 Å². The first kappa shape index (κ1) is 19.4. The molecule has 1 amide bonds. The van der Waals surface area contributed by atoms with Gasteiger partial charge in [-0.05, 0) is 50.4 Å². The Morgan fingerprint density at radius 2 is 2.00 bits per heavy atom. The van der Waals surface area contributed by atoms with Gasteiger partial charge in [0.05, 0.1) is 17.1 Å². The fourth-order valence-electron chi connectivity index (χ4n) is 3.12. The van der Waals surface area contributed by atoms with E-state index in [1.165, 1.54) is 18.2 Å². The van der Waals surface area contributed by atoms with Gasteiger partial charge in [-0.1, -0.05) is 6.42 Å². The molecule has 2 rings (SSSR count). The van der Waals surface area contributed by atoms with Crippen LogP contribution in [-0.2, 0) is 19.4 Å². The molecule has 0 spiro atoms. The summed E-state index contributed by atoms with van der Waals surface area (Å²) in [4.78, 5) is 24.4. The van der Waals surface area contributed by atoms with Gasteiger partial charge in [-0.3, -0.25) is 4.79 Å². The Labute approximate surface area is 147 Å². The monoisotopic (exact) mass is 368 g/mol. The summed E-state index contributed by atoms with van der Waals surface area (Å²) in [5.74, 6) is -0.904. The Hall–Kier alpha value is -1.93. The second kappa shape index (κ2) is 7.97. The van der Waals surface area contributed by atoms with E-state index in [-0.39, 0.29) is 40.5 Å². The molecule has 0 bridgehead atoms. The Morgan fingerprint density at radius 3 is 2.60 bits per heavy atom. The molecule has 138 valence electrons. The molecule has 7 nitrogen and oxygen atoms in total. The minimum Gasteiger partial charge on any atom is -0.462 e. The van der Waals surface area contributed by atoms with Gasteiger partial charge < -0.3 is 15.8 Å². The van der Waals surface area contributed by atoms with Crippen LogP contribution in [0, 0.1) is 11.8 Å². The maximum atomic E-state index is 12.5. The summed E-state index contributed by atoms with van der Waals surface area (Å²) in [5.41, 5.74) is 6.06. The van der Waals surface area contributed by atoms with Crippen molar-refractivity contribution in [1.29, 1.82) is 0 Å². The van der Waals surface area contributed by atoms with Crippen molar-refractivity contribution in [3.63, 3.8) is 0 Å². The summed E-state index contributed by atoms with van der Waals surface area (Å²) < 4.78 is 28.7. The number of rotatable bonds is 6. The van der Waals surface area contributed by atoms with Crippen molar-refractivity contribution in [1.82, 2.24) is 0 Å². The lowest BCUT2D eigenvalue weighted by molar-refractivity contribution is -0.120. The largest absolute Gasteiger partial charge is 0.462 e. The Bertz CT molecular complexity index is 760. The summed E-state index contributed by atoms with van der Waals surface area (Å²) >= 11 is 0. The van der Waals surface area contributed by atoms with Gasteiger partial charge in [0.2, 0.25) is 5.91 Å². The summed E-state index contributed by atoms with van der Waals surface area (Å²) in [6.07, 6.45) is 3.65. The smallest absolute Gasteiger partial charge is 0.338 e. The summed E-state index contributed by atoms with van der Waals surface area (Å²) in [6.45, 7) is 2.27. The van der Waals surface area contributed by atoms with Crippen LogP contribution in [0.5, 0.6) is 0 Å². The van der Waals surface area contributed by atoms with E-state index in [9.17, 15) is 18.0 Å². The van der Waals surface area contributed by atoms with E-state index in [2.05, 4.69) is 5.32 Å². The summed E-state index contributed by atoms with van der Waals surface area (Å²) in [5, 5.41) is 2.73. The Morgan fingerprint density at radius 1 is 1.28 bits per heavy atom. The topological polar surface area (TPSA) is 116 Å². The van der Waals surface area contributed by atoms with E-state index in [4.69, 9.17) is 10.5 Å². The molecular formula is C17H24N2O5S. The highest BCUT2D eigenvalue weighted by Gasteiger charge is 2.32. The molecule has 1 aliphatic carbocycles. The molecule has 0 aliphatic heterocycles. The average Bonchev–Trinajstić information content (AvgIpc) is 3.02. The van der Waals surface area contributed by atoms with Gasteiger partial charge in [-0.25, -0.2) is 13.2 Å². The van der Waals surface area contributed by atoms with Gasteiger partial charge in [0.15, 0.2) is 9.84 Å². The maximum absolute atomic E-state index is 12.5. The van der Waals surface area contributed by atoms with Gasteiger partial charge in [-0.2, -0.15) is 0 Å². The first-order valence-electron chi connectivity index (χ1n) is 8.29. The number of sulfone groups is 1. The zero-order valence-corrected chi connectivity index (χ0v) is 15.3. The molecule has 1 aromatic carbocycles. The van der Waals surface area contributed by atoms with Gasteiger partial charge in [0, 0.05) is 17.9 Å². The van der Waals surface area contributed by atoms with Gasteiger partial charge in [0.1, 0.15) is 0 Å². The molecule has 0 saturated heterocycles. The first-order valence-corrected chi connectivity index (χ1v) is 10.2. The first-order chi connectivity index (χ1) is 11.8. The zero-order chi connectivity index (χ0) is 18.6. The van der Waals surface area contributed by atoms with E-state index in [1.54, 1.807) is 6.92 Å². The number of anilines is 1. The second-order valence-electron chi connectivity index (χ2n) is 6.26. The summed E-state index contributed by atoms with van der Waals surface area (Å²) in [6, 6.07) is 4.03. The molecular weight excluding hydrogens is 344 g/mol. The van der Waals surface area contributed by atoms with E-state index >= 15 is 0 Å². The van der Waals surface area contributed by atoms with Crippen LogP contribution in [0.1, 0.15) is 36.5 Å². The lowest BCUT2D eigenvalue weighted by Gasteiger charge is -2.18. The average molecular weight is 368 g/mol. The van der Waals surface area contributed by atoms with Gasteiger partial charge in [-0.15, -0.1) is 0 Å². The number of benzene rings is 1. The molecule has 1 saturated carbocycles. The molecule has 3 N–H and O–H groups in total. The van der Waals surface area contributed by atoms with Crippen LogP contribution in [0.3, 0.4) is 0 Å². The fraction of sp³-hybridized carbons (Fsp3) is 0.529. The molecule has 0 heterocycles. The zero-order valence-electron chi connectivity index (χ0n) is 14.4. The van der Waals surface area contributed by atoms with E-state index in [0.29, 0.717) is 6.54 Å². The second-order valence-corrected chi connectivity index (χ2v) is 8.28. The SMILES string of the molecule is CCOC(=O)c1cc(NC(=O)[C@@H]2CCC[C@@H]2CN)cc(S(C)(=O)=O)c1. The number of esters is 1. The Balaban J connectivity index is 2.31. The standard InChI is InChI=1S/C17H24N2O5S/c1-3-24-17(21)12-7-13(9-14(8-12)25(2,22)23)19-16(20)15-6-4-5-11(15)10-18/h7-9,11,15H,3-6,10,18H2,1-2H3,(H,19,20)/t11-,15-/m1/s1. The third-order valence-electron chi connectivity index (χ3n) is 4.41. The van der Waals surface area contributed by atoms with Crippen LogP contribution < -0.4 is 11.1 Å². The van der Waals surface area contributed by atoms with E-state index < -0.39 is 15.8 Å². The number of carbonyl (C=O) groups is 2. The quantitative estimate of drug-likeness (QED) is 0.737. The molecule has 25 heavy (non-hydrogen) atoms. The number of nitrogens with two attached hydrogens (primary N) is 1. The van der Waals surface area contributed by atoms with Gasteiger partial charge in [0.25, 0.3) is 0 Å². The van der Waals surface area contributed by atoms with Crippen molar-refractivity contribution in [2.75, 3.05) is 24.7 Å². The molecule has 8 heteroatoms. The number of amides is 1. The lowest BCUT2D eigenvalue weighted by Crippen LogP contribution is -2.29. The van der Waals surface area contributed by atoms with Crippen molar-refractivity contribution in [3.05, 3.63) is 23.8 Å². The van der Waals surface area contributed by atoms with Crippen LogP contribution >= 0.6 is 0 Å². The van der Waals surface area contributed by atoms with Crippen molar-refractivity contribution in [3.8, 4) is 0 Å². The van der Waals surface area contributed by atoms with E-state index in [0.717, 1.165) is 25.5 Å². The van der Waals surface area contributed by atoms with Crippen LogP contribution in [0.25, 0.3) is 0 Å². The minimum absolute atomic E-state index is 0.0462. The Kier molecular flexibility index (Phi) is 6.18. The lowest BCUT2D eigenvalue weighted by atomic mass is 9.95. The number of ether oxygens (including phenoxy) is 1. The highest BCUT2D eigenvalue weighted by molar-refractivity contribution is 7.90. The van der Waals surface area contributed by atoms with Crippen LogP contribution in [0.4, 0.5) is 5.69 Å². The van der Waals surface area contributed by atoms with Crippen molar-refractivity contribution >= 4 is 27.4 Å². The highest BCUT2D eigenvalue weighted by atomic mass is 32.2. The predicted molar refractivity (Wildman–Crippen MR) is 94.0 cm³/mol. The number of carbonyl (C=O) groups excluding carboxylic acids is 2. The molecule has 0 unspecified atom stereocenters. The van der Waals surface area contributed by atoms with Crippen LogP contribution in [0.15, 0.2) is 23.1 Å². The van der Waals surface area contributed by atoms with Crippen LogP contribution in [-0.4, -0.2) is 39.7 Å². The number of hydrogen-bond acceptors (Lipinski definition) is 6. The third-order valence-corrected chi connectivity index (χ3v) is 5.50. The maximum Gasteiger partial charge on any atom is 0.338 e. The molecule has 0 aromatic heterocycles. The van der Waals surface area contributed by atoms with Gasteiger partial charge >= 0.3 is 5.97 Å². The third kappa shape index (κ3) is 4.79. The predicted octanol–water partition coefficient (Wildman–Crippen LogP) is 1.58. The molecule has 0 radical (unpaired) electrons. The highest BCUT2D eigenvalue weighted by Crippen LogP contribution is 2.32. The molecule has 1 aliphatic rings. The molecule has 1 fully saturated rings. The van der Waals surface area contributed by atoms with Crippen molar-refractivity contribution in [2.45, 2.75) is 31.1 Å².